The van der Waals surface area contributed by atoms with E-state index in [4.69, 9.17) is 4.74 Å². The smallest absolute Gasteiger partial charge is 0.259 e. The zero-order valence-corrected chi connectivity index (χ0v) is 12.4. The molecule has 0 saturated carbocycles. The number of rotatable bonds is 4. The van der Waals surface area contributed by atoms with E-state index in [1.54, 1.807) is 6.07 Å². The summed E-state index contributed by atoms with van der Waals surface area (Å²) in [6, 6.07) is 12.3. The number of methoxy groups -OCH3 is 1. The molecule has 21 heavy (non-hydrogen) atoms. The third-order valence-electron chi connectivity index (χ3n) is 3.28. The molecular weight excluding hydrogens is 266 g/mol. The largest absolute Gasteiger partial charge is 0.507 e. The van der Waals surface area contributed by atoms with Crippen LogP contribution in [0.25, 0.3) is 0 Å². The summed E-state index contributed by atoms with van der Waals surface area (Å²) in [7, 11) is 1.50. The molecule has 0 saturated heterocycles. The highest BCUT2D eigenvalue weighted by Crippen LogP contribution is 2.24. The van der Waals surface area contributed by atoms with Crippen LogP contribution < -0.4 is 10.1 Å². The minimum absolute atomic E-state index is 0.106. The molecule has 0 heterocycles. The van der Waals surface area contributed by atoms with Gasteiger partial charge in [-0.15, -0.1) is 0 Å². The number of carbonyl (C=O) groups excluding carboxylic acids is 1. The molecule has 0 atom stereocenters. The molecule has 2 aromatic carbocycles. The van der Waals surface area contributed by atoms with Gasteiger partial charge in [-0.05, 0) is 35.7 Å². The minimum Gasteiger partial charge on any atom is -0.507 e. The third kappa shape index (κ3) is 3.54. The normalized spacial score (nSPS) is 10.5. The molecular formula is C17H19NO3. The maximum atomic E-state index is 12.1. The van der Waals surface area contributed by atoms with Gasteiger partial charge in [0.15, 0.2) is 0 Å². The first-order valence-electron chi connectivity index (χ1n) is 6.79. The van der Waals surface area contributed by atoms with Crippen LogP contribution in [0.4, 0.5) is 5.69 Å². The topological polar surface area (TPSA) is 58.6 Å². The first kappa shape index (κ1) is 14.9. The number of amides is 1. The lowest BCUT2D eigenvalue weighted by Crippen LogP contribution is -2.12. The van der Waals surface area contributed by atoms with Gasteiger partial charge in [0, 0.05) is 11.8 Å². The van der Waals surface area contributed by atoms with E-state index in [2.05, 4.69) is 19.2 Å². The van der Waals surface area contributed by atoms with Gasteiger partial charge in [0.25, 0.3) is 5.91 Å². The van der Waals surface area contributed by atoms with E-state index in [0.717, 1.165) is 0 Å². The lowest BCUT2D eigenvalue weighted by Gasteiger charge is -2.10. The van der Waals surface area contributed by atoms with Crippen molar-refractivity contribution in [2.45, 2.75) is 19.8 Å². The fourth-order valence-corrected chi connectivity index (χ4v) is 1.98. The first-order chi connectivity index (χ1) is 10.0. The van der Waals surface area contributed by atoms with Crippen molar-refractivity contribution in [3.8, 4) is 11.5 Å². The SMILES string of the molecule is COc1ccc(C(=O)Nc2ccc(C(C)C)cc2)c(O)c1. The second kappa shape index (κ2) is 6.31. The molecule has 4 nitrogen and oxygen atoms in total. The molecule has 0 aliphatic carbocycles. The highest BCUT2D eigenvalue weighted by Gasteiger charge is 2.12. The molecule has 2 rings (SSSR count). The van der Waals surface area contributed by atoms with Crippen LogP contribution in [-0.2, 0) is 0 Å². The number of phenolic OH excluding ortho intramolecular Hbond substituents is 1. The zero-order chi connectivity index (χ0) is 15.4. The Balaban J connectivity index is 2.14. The number of benzene rings is 2. The molecule has 0 fully saturated rings. The number of hydrogen-bond acceptors (Lipinski definition) is 3. The van der Waals surface area contributed by atoms with Gasteiger partial charge in [0.05, 0.1) is 12.7 Å². The summed E-state index contributed by atoms with van der Waals surface area (Å²) in [5.41, 5.74) is 2.11. The van der Waals surface area contributed by atoms with Crippen LogP contribution in [-0.4, -0.2) is 18.1 Å². The summed E-state index contributed by atoms with van der Waals surface area (Å²) in [5, 5.41) is 12.6. The van der Waals surface area contributed by atoms with Crippen molar-refractivity contribution in [1.82, 2.24) is 0 Å². The standard InChI is InChI=1S/C17H19NO3/c1-11(2)12-4-6-13(7-5-12)18-17(20)15-9-8-14(21-3)10-16(15)19/h4-11,19H,1-3H3,(H,18,20). The fraction of sp³-hybridized carbons (Fsp3) is 0.235. The predicted molar refractivity (Wildman–Crippen MR) is 83.1 cm³/mol. The molecule has 0 radical (unpaired) electrons. The minimum atomic E-state index is -0.354. The van der Waals surface area contributed by atoms with Crippen LogP contribution in [0.15, 0.2) is 42.5 Å². The lowest BCUT2D eigenvalue weighted by molar-refractivity contribution is 0.102. The van der Waals surface area contributed by atoms with E-state index in [1.807, 2.05) is 24.3 Å². The molecule has 0 bridgehead atoms. The van der Waals surface area contributed by atoms with Gasteiger partial charge < -0.3 is 15.2 Å². The number of ether oxygens (including phenoxy) is 1. The molecule has 1 amide bonds. The second-order valence-electron chi connectivity index (χ2n) is 5.11. The van der Waals surface area contributed by atoms with Crippen LogP contribution in [0.2, 0.25) is 0 Å². The Bertz CT molecular complexity index is 633. The van der Waals surface area contributed by atoms with Crippen molar-refractivity contribution in [3.63, 3.8) is 0 Å². The van der Waals surface area contributed by atoms with Crippen molar-refractivity contribution in [2.24, 2.45) is 0 Å². The average molecular weight is 285 g/mol. The third-order valence-corrected chi connectivity index (χ3v) is 3.28. The van der Waals surface area contributed by atoms with E-state index in [0.29, 0.717) is 17.4 Å². The highest BCUT2D eigenvalue weighted by atomic mass is 16.5. The van der Waals surface area contributed by atoms with Crippen LogP contribution in [0.3, 0.4) is 0 Å². The Morgan fingerprint density at radius 2 is 1.81 bits per heavy atom. The number of aromatic hydroxyl groups is 1. The van der Waals surface area contributed by atoms with Gasteiger partial charge in [-0.25, -0.2) is 0 Å². The van der Waals surface area contributed by atoms with Gasteiger partial charge in [0.1, 0.15) is 11.5 Å². The molecule has 0 aliphatic rings. The number of anilines is 1. The van der Waals surface area contributed by atoms with Crippen molar-refractivity contribution in [1.29, 1.82) is 0 Å². The van der Waals surface area contributed by atoms with E-state index in [1.165, 1.54) is 24.8 Å². The van der Waals surface area contributed by atoms with E-state index in [9.17, 15) is 9.90 Å². The number of hydrogen-bond donors (Lipinski definition) is 2. The number of nitrogens with one attached hydrogen (secondary N) is 1. The summed E-state index contributed by atoms with van der Waals surface area (Å²) < 4.78 is 4.99. The summed E-state index contributed by atoms with van der Waals surface area (Å²) in [6.07, 6.45) is 0. The summed E-state index contributed by atoms with van der Waals surface area (Å²) in [5.74, 6) is 0.490. The summed E-state index contributed by atoms with van der Waals surface area (Å²) in [6.45, 7) is 4.23. The van der Waals surface area contributed by atoms with E-state index < -0.39 is 0 Å². The molecule has 0 unspecified atom stereocenters. The van der Waals surface area contributed by atoms with Crippen molar-refractivity contribution < 1.29 is 14.6 Å². The first-order valence-corrected chi connectivity index (χ1v) is 6.79. The molecule has 2 N–H and O–H groups in total. The molecule has 0 spiro atoms. The van der Waals surface area contributed by atoms with E-state index in [-0.39, 0.29) is 17.2 Å². The maximum Gasteiger partial charge on any atom is 0.259 e. The lowest BCUT2D eigenvalue weighted by atomic mass is 10.0. The molecule has 110 valence electrons. The Hall–Kier alpha value is -2.49. The Labute approximate surface area is 124 Å². The van der Waals surface area contributed by atoms with Gasteiger partial charge >= 0.3 is 0 Å². The Kier molecular flexibility index (Phi) is 4.48. The van der Waals surface area contributed by atoms with Gasteiger partial charge in [-0.3, -0.25) is 4.79 Å². The van der Waals surface area contributed by atoms with Gasteiger partial charge in [0.2, 0.25) is 0 Å². The molecule has 4 heteroatoms. The zero-order valence-electron chi connectivity index (χ0n) is 12.4. The van der Waals surface area contributed by atoms with Crippen LogP contribution >= 0.6 is 0 Å². The molecule has 0 aromatic heterocycles. The Morgan fingerprint density at radius 1 is 1.14 bits per heavy atom. The Morgan fingerprint density at radius 3 is 2.33 bits per heavy atom. The number of carbonyl (C=O) groups is 1. The van der Waals surface area contributed by atoms with Crippen molar-refractivity contribution >= 4 is 11.6 Å². The van der Waals surface area contributed by atoms with Crippen LogP contribution in [0, 0.1) is 0 Å². The molecule has 0 aliphatic heterocycles. The fourth-order valence-electron chi connectivity index (χ4n) is 1.98. The average Bonchev–Trinajstić information content (AvgIpc) is 2.47. The molecule has 2 aromatic rings. The summed E-state index contributed by atoms with van der Waals surface area (Å²) >= 11 is 0. The monoisotopic (exact) mass is 285 g/mol. The quantitative estimate of drug-likeness (QED) is 0.898. The van der Waals surface area contributed by atoms with E-state index >= 15 is 0 Å². The van der Waals surface area contributed by atoms with Gasteiger partial charge in [-0.2, -0.15) is 0 Å². The van der Waals surface area contributed by atoms with Crippen LogP contribution in [0.1, 0.15) is 35.7 Å². The van der Waals surface area contributed by atoms with Crippen LogP contribution in [0.5, 0.6) is 11.5 Å². The van der Waals surface area contributed by atoms with Crippen molar-refractivity contribution in [2.75, 3.05) is 12.4 Å². The number of phenols is 1. The predicted octanol–water partition coefficient (Wildman–Crippen LogP) is 3.78. The second-order valence-corrected chi connectivity index (χ2v) is 5.11. The maximum absolute atomic E-state index is 12.1. The van der Waals surface area contributed by atoms with Gasteiger partial charge in [-0.1, -0.05) is 26.0 Å². The highest BCUT2D eigenvalue weighted by molar-refractivity contribution is 6.06. The summed E-state index contributed by atoms with van der Waals surface area (Å²) in [4.78, 5) is 12.1. The van der Waals surface area contributed by atoms with Crippen molar-refractivity contribution in [3.05, 3.63) is 53.6 Å².